The molecular formula is C18H18N3+. The van der Waals surface area contributed by atoms with Crippen LogP contribution in [0.15, 0.2) is 42.9 Å². The molecule has 4 rings (SSSR count). The normalized spacial score (nSPS) is 15.0. The number of fused-ring (bicyclic) bond motifs is 3. The van der Waals surface area contributed by atoms with Crippen molar-refractivity contribution in [3.63, 3.8) is 0 Å². The molecule has 0 radical (unpaired) electrons. The maximum Gasteiger partial charge on any atom is 0.237 e. The number of hydrogen-bond acceptors (Lipinski definition) is 1. The summed E-state index contributed by atoms with van der Waals surface area (Å²) in [6.07, 6.45) is 6.68. The van der Waals surface area contributed by atoms with Crippen LogP contribution in [0.1, 0.15) is 26.6 Å². The number of hydrogen-bond donors (Lipinski definition) is 0. The van der Waals surface area contributed by atoms with Crippen molar-refractivity contribution in [3.05, 3.63) is 65.4 Å². The summed E-state index contributed by atoms with van der Waals surface area (Å²) >= 11 is 0. The van der Waals surface area contributed by atoms with Crippen LogP contribution in [0.4, 0.5) is 0 Å². The highest BCUT2D eigenvalue weighted by molar-refractivity contribution is 5.73. The quantitative estimate of drug-likeness (QED) is 0.491. The number of imidazole rings is 1. The Morgan fingerprint density at radius 2 is 2.24 bits per heavy atom. The monoisotopic (exact) mass is 279 g/mol. The molecule has 0 atom stereocenters. The molecule has 2 aromatic heterocycles. The molecule has 0 N–H and O–H groups in total. The minimum absolute atomic E-state index is 0.377. The summed E-state index contributed by atoms with van der Waals surface area (Å²) in [6, 6.07) is 7.52. The summed E-state index contributed by atoms with van der Waals surface area (Å²) in [4.78, 5) is 4.42. The van der Waals surface area contributed by atoms with Crippen LogP contribution in [0.2, 0.25) is 0 Å². The van der Waals surface area contributed by atoms with Gasteiger partial charge in [-0.05, 0) is 31.0 Å². The van der Waals surface area contributed by atoms with Gasteiger partial charge in [-0.1, -0.05) is 17.7 Å². The van der Waals surface area contributed by atoms with Gasteiger partial charge in [-0.15, -0.1) is 0 Å². The van der Waals surface area contributed by atoms with E-state index in [1.54, 1.807) is 12.1 Å². The van der Waals surface area contributed by atoms with E-state index in [0.29, 0.717) is 5.56 Å². The topological polar surface area (TPSA) is 21.7 Å². The number of pyridine rings is 1. The smallest absolute Gasteiger partial charge is 0.237 e. The van der Waals surface area contributed by atoms with Gasteiger partial charge in [-0.2, -0.15) is 4.57 Å². The summed E-state index contributed by atoms with van der Waals surface area (Å²) < 4.78 is 27.0. The van der Waals surface area contributed by atoms with Gasteiger partial charge in [-0.25, -0.2) is 4.98 Å². The van der Waals surface area contributed by atoms with Gasteiger partial charge in [0.1, 0.15) is 18.6 Å². The Balaban J connectivity index is 1.95. The number of benzene rings is 1. The van der Waals surface area contributed by atoms with Gasteiger partial charge < -0.3 is 0 Å². The van der Waals surface area contributed by atoms with Crippen molar-refractivity contribution >= 4 is 0 Å². The fraction of sp³-hybridized carbons (Fsp3) is 0.222. The molecule has 0 amide bonds. The Bertz CT molecular complexity index is 955. The van der Waals surface area contributed by atoms with Crippen molar-refractivity contribution in [1.29, 1.82) is 0 Å². The minimum atomic E-state index is -2.08. The Kier molecular flexibility index (Phi) is 1.94. The van der Waals surface area contributed by atoms with Crippen LogP contribution in [-0.4, -0.2) is 9.55 Å². The Hall–Kier alpha value is -2.42. The molecule has 0 spiro atoms. The summed E-state index contributed by atoms with van der Waals surface area (Å²) in [5.41, 5.74) is 5.84. The third-order valence-corrected chi connectivity index (χ3v) is 4.17. The largest absolute Gasteiger partial charge is 0.297 e. The molecule has 1 aromatic carbocycles. The van der Waals surface area contributed by atoms with Crippen molar-refractivity contribution in [3.8, 4) is 16.9 Å². The van der Waals surface area contributed by atoms with Crippen molar-refractivity contribution in [2.24, 2.45) is 7.05 Å². The first-order valence-corrected chi connectivity index (χ1v) is 7.02. The molecular weight excluding hydrogens is 258 g/mol. The lowest BCUT2D eigenvalue weighted by atomic mass is 9.99. The maximum absolute atomic E-state index is 7.60. The number of aromatic nitrogens is 3. The summed E-state index contributed by atoms with van der Waals surface area (Å²) in [5, 5.41) is 0. The van der Waals surface area contributed by atoms with Gasteiger partial charge in [0.25, 0.3) is 0 Å². The lowest BCUT2D eigenvalue weighted by Crippen LogP contribution is -2.32. The highest BCUT2D eigenvalue weighted by atomic mass is 15.1. The molecule has 0 saturated heterocycles. The molecule has 0 unspecified atom stereocenters. The molecule has 3 nitrogen and oxygen atoms in total. The second kappa shape index (κ2) is 4.29. The van der Waals surface area contributed by atoms with Crippen LogP contribution in [-0.2, 0) is 13.5 Å². The van der Waals surface area contributed by atoms with Crippen molar-refractivity contribution < 1.29 is 8.68 Å². The number of aryl methyl sites for hydroxylation is 3. The van der Waals surface area contributed by atoms with E-state index in [2.05, 4.69) is 26.4 Å². The van der Waals surface area contributed by atoms with E-state index in [1.165, 1.54) is 5.56 Å². The molecule has 0 aliphatic carbocycles. The van der Waals surface area contributed by atoms with E-state index >= 15 is 0 Å². The zero-order valence-corrected chi connectivity index (χ0v) is 12.1. The van der Waals surface area contributed by atoms with Crippen LogP contribution in [0.25, 0.3) is 16.9 Å². The Morgan fingerprint density at radius 3 is 3.05 bits per heavy atom. The molecule has 21 heavy (non-hydrogen) atoms. The van der Waals surface area contributed by atoms with E-state index < -0.39 is 6.85 Å². The van der Waals surface area contributed by atoms with Crippen LogP contribution in [0.3, 0.4) is 0 Å². The molecule has 3 aromatic rings. The van der Waals surface area contributed by atoms with E-state index in [-0.39, 0.29) is 0 Å². The fourth-order valence-corrected chi connectivity index (χ4v) is 3.17. The van der Waals surface area contributed by atoms with Gasteiger partial charge in [-0.3, -0.25) is 4.57 Å². The molecule has 104 valence electrons. The summed E-state index contributed by atoms with van der Waals surface area (Å²) in [6.45, 7) is -0.116. The van der Waals surface area contributed by atoms with Gasteiger partial charge in [0, 0.05) is 29.0 Å². The van der Waals surface area contributed by atoms with Gasteiger partial charge in [0.2, 0.25) is 5.69 Å². The van der Waals surface area contributed by atoms with Crippen LogP contribution in [0, 0.1) is 13.8 Å². The molecule has 1 aliphatic heterocycles. The van der Waals surface area contributed by atoms with Crippen molar-refractivity contribution in [2.75, 3.05) is 0 Å². The van der Waals surface area contributed by atoms with Crippen molar-refractivity contribution in [1.82, 2.24) is 9.55 Å². The fourth-order valence-electron chi connectivity index (χ4n) is 3.17. The second-order valence-corrected chi connectivity index (χ2v) is 5.57. The lowest BCUT2D eigenvalue weighted by molar-refractivity contribution is -0.660. The average molecular weight is 279 g/mol. The van der Waals surface area contributed by atoms with E-state index in [0.717, 1.165) is 34.8 Å². The molecule has 0 saturated carbocycles. The maximum atomic E-state index is 7.60. The second-order valence-electron chi connectivity index (χ2n) is 5.57. The zero-order chi connectivity index (χ0) is 17.1. The van der Waals surface area contributed by atoms with Crippen LogP contribution >= 0.6 is 0 Å². The minimum Gasteiger partial charge on any atom is -0.297 e. The average Bonchev–Trinajstić information content (AvgIpc) is 3.08. The third kappa shape index (κ3) is 1.74. The predicted molar refractivity (Wildman–Crippen MR) is 82.5 cm³/mol. The van der Waals surface area contributed by atoms with Crippen LogP contribution < -0.4 is 4.57 Å². The Labute approximate surface area is 128 Å². The number of rotatable bonds is 1. The van der Waals surface area contributed by atoms with Crippen LogP contribution in [0.5, 0.6) is 0 Å². The van der Waals surface area contributed by atoms with Gasteiger partial charge in [0.15, 0.2) is 6.20 Å². The first-order valence-electron chi connectivity index (χ1n) is 8.52. The summed E-state index contributed by atoms with van der Waals surface area (Å²) in [5.74, 6) is 1.04. The van der Waals surface area contributed by atoms with E-state index in [9.17, 15) is 0 Å². The van der Waals surface area contributed by atoms with E-state index in [1.807, 2.05) is 32.4 Å². The third-order valence-electron chi connectivity index (χ3n) is 4.17. The van der Waals surface area contributed by atoms with Gasteiger partial charge >= 0.3 is 0 Å². The zero-order valence-electron chi connectivity index (χ0n) is 15.1. The lowest BCUT2D eigenvalue weighted by Gasteiger charge is -2.10. The predicted octanol–water partition coefficient (Wildman–Crippen LogP) is 2.88. The summed E-state index contributed by atoms with van der Waals surface area (Å²) in [7, 11) is 2.02. The molecule has 3 heteroatoms. The van der Waals surface area contributed by atoms with Gasteiger partial charge in [0.05, 0.1) is 5.56 Å². The first-order chi connectivity index (χ1) is 11.4. The highest BCUT2D eigenvalue weighted by Gasteiger charge is 2.29. The Morgan fingerprint density at radius 1 is 1.33 bits per heavy atom. The van der Waals surface area contributed by atoms with Crippen molar-refractivity contribution in [2.45, 2.75) is 20.2 Å². The SMILES string of the molecule is [2H]C([2H])([2H])c1ccc(-c2c3c(cc[n+]2C)Cc2nccn2-3)c(C)c1. The molecule has 0 bridgehead atoms. The molecule has 3 heterocycles. The highest BCUT2D eigenvalue weighted by Crippen LogP contribution is 2.34. The number of nitrogens with zero attached hydrogens (tertiary/aromatic N) is 3. The molecule has 0 fully saturated rings. The first kappa shape index (κ1) is 9.50. The van der Waals surface area contributed by atoms with E-state index in [4.69, 9.17) is 4.11 Å². The standard InChI is InChI=1S/C18H18N3/c1-12-4-5-15(13(2)10-12)18-17-14(6-8-20(18)3)11-16-19-7-9-21(16)17/h4-10H,11H2,1-3H3/q+1/i1D3. The molecule has 1 aliphatic rings.